The molecule has 0 aromatic rings. The first-order valence-electron chi connectivity index (χ1n) is 6.35. The summed E-state index contributed by atoms with van der Waals surface area (Å²) in [6, 6.07) is -1.38. The molecule has 1 aliphatic rings. The van der Waals surface area contributed by atoms with Crippen LogP contribution in [0.3, 0.4) is 0 Å². The number of carbonyl (C=O) groups is 4. The maximum atomic E-state index is 11.9. The highest BCUT2D eigenvalue weighted by Gasteiger charge is 2.33. The van der Waals surface area contributed by atoms with Gasteiger partial charge in [0.15, 0.2) is 0 Å². The molecule has 8 nitrogen and oxygen atoms in total. The first-order chi connectivity index (χ1) is 9.45. The Morgan fingerprint density at radius 2 is 1.95 bits per heavy atom. The molecule has 1 rings (SSSR count). The molecule has 0 aliphatic carbocycles. The summed E-state index contributed by atoms with van der Waals surface area (Å²) in [4.78, 5) is 46.5. The van der Waals surface area contributed by atoms with E-state index in [2.05, 4.69) is 10.1 Å². The van der Waals surface area contributed by atoms with Crippen molar-refractivity contribution >= 4 is 23.9 Å². The molecule has 0 bridgehead atoms. The number of carbonyl (C=O) groups excluding carboxylic acids is 3. The number of amides is 3. The van der Waals surface area contributed by atoms with Gasteiger partial charge in [-0.25, -0.2) is 9.59 Å². The van der Waals surface area contributed by atoms with Gasteiger partial charge in [-0.3, -0.25) is 14.9 Å². The fraction of sp³-hybridized carbons (Fsp3) is 0.667. The van der Waals surface area contributed by atoms with E-state index in [0.717, 1.165) is 12.8 Å². The Labute approximate surface area is 116 Å². The third-order valence-electron chi connectivity index (χ3n) is 3.05. The average Bonchev–Trinajstić information content (AvgIpc) is 2.44. The van der Waals surface area contributed by atoms with Crippen molar-refractivity contribution in [3.63, 3.8) is 0 Å². The van der Waals surface area contributed by atoms with Gasteiger partial charge in [0, 0.05) is 13.0 Å². The summed E-state index contributed by atoms with van der Waals surface area (Å²) in [5, 5.41) is 10.5. The number of hydrogen-bond donors (Lipinski definition) is 2. The van der Waals surface area contributed by atoms with Crippen molar-refractivity contribution in [2.24, 2.45) is 0 Å². The van der Waals surface area contributed by atoms with Crippen LogP contribution in [0.25, 0.3) is 0 Å². The number of ether oxygens (including phenoxy) is 1. The Morgan fingerprint density at radius 3 is 2.55 bits per heavy atom. The van der Waals surface area contributed by atoms with Crippen LogP contribution in [0.4, 0.5) is 4.79 Å². The van der Waals surface area contributed by atoms with Gasteiger partial charge in [-0.2, -0.15) is 0 Å². The predicted molar refractivity (Wildman–Crippen MR) is 66.8 cm³/mol. The monoisotopic (exact) mass is 286 g/mol. The molecule has 0 aromatic heterocycles. The summed E-state index contributed by atoms with van der Waals surface area (Å²) in [5.74, 6) is -2.30. The number of likely N-dealkylation sites (tertiary alicyclic amines) is 1. The normalized spacial score (nSPS) is 18.2. The molecular formula is C12H18N2O6. The van der Waals surface area contributed by atoms with Gasteiger partial charge in [-0.15, -0.1) is 0 Å². The van der Waals surface area contributed by atoms with Crippen LogP contribution in [-0.4, -0.2) is 53.6 Å². The fourth-order valence-electron chi connectivity index (χ4n) is 2.03. The molecule has 8 heteroatoms. The zero-order valence-corrected chi connectivity index (χ0v) is 11.3. The molecule has 2 N–H and O–H groups in total. The Bertz CT molecular complexity index is 409. The number of aliphatic carboxylic acids is 1. The minimum atomic E-state index is -1.11. The van der Waals surface area contributed by atoms with Gasteiger partial charge >= 0.3 is 18.0 Å². The van der Waals surface area contributed by atoms with E-state index in [1.165, 1.54) is 12.0 Å². The summed E-state index contributed by atoms with van der Waals surface area (Å²) < 4.78 is 4.63. The molecule has 0 aromatic carbocycles. The molecule has 0 saturated carbocycles. The van der Waals surface area contributed by atoms with Crippen LogP contribution in [-0.2, 0) is 19.1 Å². The largest absolute Gasteiger partial charge is 0.481 e. The predicted octanol–water partition coefficient (Wildman–Crippen LogP) is 0.115. The van der Waals surface area contributed by atoms with Crippen molar-refractivity contribution < 1.29 is 29.0 Å². The molecule has 1 atom stereocenters. The Hall–Kier alpha value is -2.12. The van der Waals surface area contributed by atoms with Crippen molar-refractivity contribution in [1.82, 2.24) is 10.2 Å². The van der Waals surface area contributed by atoms with E-state index in [1.54, 1.807) is 0 Å². The van der Waals surface area contributed by atoms with Crippen molar-refractivity contribution in [2.75, 3.05) is 13.7 Å². The van der Waals surface area contributed by atoms with Crippen molar-refractivity contribution in [2.45, 2.75) is 38.1 Å². The third-order valence-corrected chi connectivity index (χ3v) is 3.05. The molecule has 0 spiro atoms. The van der Waals surface area contributed by atoms with Crippen LogP contribution in [0.5, 0.6) is 0 Å². The van der Waals surface area contributed by atoms with Gasteiger partial charge in [0.2, 0.25) is 5.91 Å². The van der Waals surface area contributed by atoms with E-state index in [0.29, 0.717) is 13.0 Å². The van der Waals surface area contributed by atoms with E-state index in [1.807, 2.05) is 0 Å². The number of rotatable bonds is 4. The first-order valence-corrected chi connectivity index (χ1v) is 6.35. The Morgan fingerprint density at radius 1 is 1.25 bits per heavy atom. The molecule has 3 amide bonds. The number of hydrogen-bond acceptors (Lipinski definition) is 5. The SMILES string of the molecule is COC(=O)C1CCCCN1C(=O)NC(=O)CCC(=O)O. The second kappa shape index (κ2) is 7.46. The summed E-state index contributed by atoms with van der Waals surface area (Å²) >= 11 is 0. The highest BCUT2D eigenvalue weighted by atomic mass is 16.5. The fourth-order valence-corrected chi connectivity index (χ4v) is 2.03. The standard InChI is InChI=1S/C12H18N2O6/c1-20-11(18)8-4-2-3-7-14(8)12(19)13-9(15)5-6-10(16)17/h8H,2-7H2,1H3,(H,16,17)(H,13,15,19). The first kappa shape index (κ1) is 15.9. The minimum absolute atomic E-state index is 0.280. The Balaban J connectivity index is 2.57. The Kier molecular flexibility index (Phi) is 5.95. The maximum absolute atomic E-state index is 11.9. The summed E-state index contributed by atoms with van der Waals surface area (Å²) in [5.41, 5.74) is 0. The molecule has 20 heavy (non-hydrogen) atoms. The zero-order valence-electron chi connectivity index (χ0n) is 11.3. The number of esters is 1. The lowest BCUT2D eigenvalue weighted by Crippen LogP contribution is -2.53. The summed E-state index contributed by atoms with van der Waals surface area (Å²) in [6.07, 6.45) is 1.40. The van der Waals surface area contributed by atoms with Crippen LogP contribution >= 0.6 is 0 Å². The van der Waals surface area contributed by atoms with Gasteiger partial charge in [-0.05, 0) is 19.3 Å². The lowest BCUT2D eigenvalue weighted by Gasteiger charge is -2.33. The van der Waals surface area contributed by atoms with Gasteiger partial charge in [0.25, 0.3) is 0 Å². The number of carboxylic acids is 1. The number of imide groups is 1. The number of piperidine rings is 1. The van der Waals surface area contributed by atoms with E-state index < -0.39 is 29.9 Å². The van der Waals surface area contributed by atoms with E-state index >= 15 is 0 Å². The van der Waals surface area contributed by atoms with Gasteiger partial charge in [-0.1, -0.05) is 0 Å². The van der Waals surface area contributed by atoms with Crippen molar-refractivity contribution in [1.29, 1.82) is 0 Å². The lowest BCUT2D eigenvalue weighted by molar-refractivity contribution is -0.147. The smallest absolute Gasteiger partial charge is 0.328 e. The molecule has 1 saturated heterocycles. The van der Waals surface area contributed by atoms with Crippen LogP contribution in [0, 0.1) is 0 Å². The number of carboxylic acid groups (broad SMARTS) is 1. The van der Waals surface area contributed by atoms with Crippen LogP contribution < -0.4 is 5.32 Å². The number of urea groups is 1. The maximum Gasteiger partial charge on any atom is 0.328 e. The topological polar surface area (TPSA) is 113 Å². The minimum Gasteiger partial charge on any atom is -0.481 e. The summed E-state index contributed by atoms with van der Waals surface area (Å²) in [7, 11) is 1.24. The number of nitrogens with one attached hydrogen (secondary N) is 1. The van der Waals surface area contributed by atoms with Gasteiger partial charge < -0.3 is 14.7 Å². The molecule has 1 heterocycles. The van der Waals surface area contributed by atoms with E-state index in [4.69, 9.17) is 5.11 Å². The number of nitrogens with zero attached hydrogens (tertiary/aromatic N) is 1. The average molecular weight is 286 g/mol. The van der Waals surface area contributed by atoms with Crippen LogP contribution in [0.15, 0.2) is 0 Å². The quantitative estimate of drug-likeness (QED) is 0.709. The summed E-state index contributed by atoms with van der Waals surface area (Å²) in [6.45, 7) is 0.359. The zero-order chi connectivity index (χ0) is 15.1. The molecule has 1 fully saturated rings. The lowest BCUT2D eigenvalue weighted by atomic mass is 10.0. The second-order valence-corrected chi connectivity index (χ2v) is 4.48. The van der Waals surface area contributed by atoms with Crippen molar-refractivity contribution in [3.8, 4) is 0 Å². The van der Waals surface area contributed by atoms with Crippen LogP contribution in [0.1, 0.15) is 32.1 Å². The highest BCUT2D eigenvalue weighted by molar-refractivity contribution is 5.96. The van der Waals surface area contributed by atoms with Crippen molar-refractivity contribution in [3.05, 3.63) is 0 Å². The molecular weight excluding hydrogens is 268 g/mol. The molecule has 112 valence electrons. The molecule has 1 aliphatic heterocycles. The van der Waals surface area contributed by atoms with Gasteiger partial charge in [0.1, 0.15) is 6.04 Å². The van der Waals surface area contributed by atoms with Gasteiger partial charge in [0.05, 0.1) is 13.5 Å². The van der Waals surface area contributed by atoms with Crippen LogP contribution in [0.2, 0.25) is 0 Å². The number of methoxy groups -OCH3 is 1. The second-order valence-electron chi connectivity index (χ2n) is 4.48. The third kappa shape index (κ3) is 4.52. The van der Waals surface area contributed by atoms with E-state index in [-0.39, 0.29) is 12.8 Å². The highest BCUT2D eigenvalue weighted by Crippen LogP contribution is 2.18. The molecule has 0 radical (unpaired) electrons. The molecule has 1 unspecified atom stereocenters. The van der Waals surface area contributed by atoms with E-state index in [9.17, 15) is 19.2 Å².